The predicted molar refractivity (Wildman–Crippen MR) is 127 cm³/mol. The first-order chi connectivity index (χ1) is 14.1. The molecule has 2 aromatic carbocycles. The number of ether oxygens (including phenoxy) is 2. The molecule has 0 fully saturated rings. The lowest BCUT2D eigenvalue weighted by atomic mass is 9.81. The van der Waals surface area contributed by atoms with Crippen molar-refractivity contribution in [1.82, 2.24) is 0 Å². The molecule has 30 heavy (non-hydrogen) atoms. The highest BCUT2D eigenvalue weighted by Gasteiger charge is 2.52. The van der Waals surface area contributed by atoms with Gasteiger partial charge in [0.25, 0.3) is 0 Å². The smallest absolute Gasteiger partial charge is 0.204 e. The lowest BCUT2D eigenvalue weighted by molar-refractivity contribution is -0.975. The van der Waals surface area contributed by atoms with Gasteiger partial charge in [-0.2, -0.15) is 0 Å². The number of quaternary nitrogens is 1. The number of nitrogens with zero attached hydrogens (tertiary/aromatic N) is 1. The topological polar surface area (TPSA) is 18.5 Å². The Morgan fingerprint density at radius 3 is 1.97 bits per heavy atom. The van der Waals surface area contributed by atoms with Gasteiger partial charge in [-0.25, -0.2) is 0 Å². The molecule has 0 heterocycles. The lowest BCUT2D eigenvalue weighted by Gasteiger charge is -2.53. The van der Waals surface area contributed by atoms with Crippen molar-refractivity contribution in [1.29, 1.82) is 0 Å². The molecule has 2 unspecified atom stereocenters. The van der Waals surface area contributed by atoms with Gasteiger partial charge in [-0.1, -0.05) is 82.6 Å². The van der Waals surface area contributed by atoms with Crippen molar-refractivity contribution < 1.29 is 14.0 Å². The molecule has 3 nitrogen and oxygen atoms in total. The zero-order chi connectivity index (χ0) is 22.3. The zero-order valence-electron chi connectivity index (χ0n) is 20.2. The Labute approximate surface area is 184 Å². The van der Waals surface area contributed by atoms with Crippen LogP contribution in [0, 0.1) is 5.41 Å². The summed E-state index contributed by atoms with van der Waals surface area (Å²) in [6.45, 7) is 13.0. The molecule has 2 rings (SSSR count). The van der Waals surface area contributed by atoms with Crippen LogP contribution in [-0.4, -0.2) is 43.6 Å². The van der Waals surface area contributed by atoms with Crippen molar-refractivity contribution in [3.63, 3.8) is 0 Å². The molecule has 0 aliphatic carbocycles. The van der Waals surface area contributed by atoms with E-state index < -0.39 is 0 Å². The summed E-state index contributed by atoms with van der Waals surface area (Å²) < 4.78 is 14.0. The first kappa shape index (κ1) is 24.4. The van der Waals surface area contributed by atoms with Gasteiger partial charge >= 0.3 is 0 Å². The third kappa shape index (κ3) is 6.33. The largest absolute Gasteiger partial charge is 0.488 e. The van der Waals surface area contributed by atoms with E-state index >= 15 is 0 Å². The van der Waals surface area contributed by atoms with E-state index in [1.54, 1.807) is 0 Å². The van der Waals surface area contributed by atoms with Crippen molar-refractivity contribution in [2.45, 2.75) is 65.7 Å². The third-order valence-corrected chi connectivity index (χ3v) is 6.52. The van der Waals surface area contributed by atoms with Crippen LogP contribution in [0.3, 0.4) is 0 Å². The molecular weight excluding hydrogens is 370 g/mol. The van der Waals surface area contributed by atoms with Crippen LogP contribution in [0.2, 0.25) is 0 Å². The molecule has 0 aliphatic heterocycles. The number of hydrogen-bond donors (Lipinski definition) is 0. The molecule has 0 amide bonds. The molecule has 2 aromatic rings. The van der Waals surface area contributed by atoms with Gasteiger partial charge in [0.2, 0.25) is 5.72 Å². The van der Waals surface area contributed by atoms with E-state index in [1.165, 1.54) is 18.4 Å². The fourth-order valence-electron chi connectivity index (χ4n) is 4.02. The van der Waals surface area contributed by atoms with Crippen molar-refractivity contribution >= 4 is 0 Å². The van der Waals surface area contributed by atoms with E-state index in [9.17, 15) is 0 Å². The van der Waals surface area contributed by atoms with Crippen LogP contribution in [0.4, 0.5) is 0 Å². The van der Waals surface area contributed by atoms with E-state index in [2.05, 4.69) is 79.0 Å². The van der Waals surface area contributed by atoms with Gasteiger partial charge in [0.1, 0.15) is 11.9 Å². The maximum Gasteiger partial charge on any atom is 0.204 e. The maximum atomic E-state index is 6.81. The van der Waals surface area contributed by atoms with Crippen LogP contribution in [0.1, 0.15) is 53.0 Å². The molecule has 2 atom stereocenters. The van der Waals surface area contributed by atoms with Crippen molar-refractivity contribution in [2.24, 2.45) is 5.41 Å². The minimum Gasteiger partial charge on any atom is -0.488 e. The SMILES string of the molecule is CCCC[N+](C)(C)C(C)(OCC(Cc1ccccc1)Oc1ccccc1)C(C)(C)C. The van der Waals surface area contributed by atoms with Gasteiger partial charge in [0.05, 0.1) is 27.2 Å². The van der Waals surface area contributed by atoms with Gasteiger partial charge in [0, 0.05) is 18.8 Å². The molecule has 0 N–H and O–H groups in total. The monoisotopic (exact) mass is 412 g/mol. The Balaban J connectivity index is 2.23. The second kappa shape index (κ2) is 10.5. The fourth-order valence-corrected chi connectivity index (χ4v) is 4.02. The summed E-state index contributed by atoms with van der Waals surface area (Å²) in [5, 5.41) is 0. The average molecular weight is 413 g/mol. The predicted octanol–water partition coefficient (Wildman–Crippen LogP) is 6.33. The minimum atomic E-state index is -0.336. The summed E-state index contributed by atoms with van der Waals surface area (Å²) in [5.41, 5.74) is 0.907. The Morgan fingerprint density at radius 2 is 1.43 bits per heavy atom. The van der Waals surface area contributed by atoms with E-state index in [0.717, 1.165) is 23.2 Å². The molecule has 166 valence electrons. The second-order valence-electron chi connectivity index (χ2n) is 10.0. The van der Waals surface area contributed by atoms with E-state index in [1.807, 2.05) is 30.3 Å². The summed E-state index contributed by atoms with van der Waals surface area (Å²) in [4.78, 5) is 0. The number of para-hydroxylation sites is 1. The van der Waals surface area contributed by atoms with Crippen molar-refractivity contribution in [3.05, 3.63) is 66.2 Å². The van der Waals surface area contributed by atoms with E-state index in [-0.39, 0.29) is 17.2 Å². The average Bonchev–Trinajstić information content (AvgIpc) is 2.71. The summed E-state index contributed by atoms with van der Waals surface area (Å²) in [5.74, 6) is 0.888. The summed E-state index contributed by atoms with van der Waals surface area (Å²) in [6.07, 6.45) is 3.15. The van der Waals surface area contributed by atoms with Gasteiger partial charge in [-0.05, 0) is 24.1 Å². The fraction of sp³-hybridized carbons (Fsp3) is 0.556. The molecule has 0 spiro atoms. The summed E-state index contributed by atoms with van der Waals surface area (Å²) >= 11 is 0. The highest BCUT2D eigenvalue weighted by Crippen LogP contribution is 2.40. The summed E-state index contributed by atoms with van der Waals surface area (Å²) in [7, 11) is 4.59. The van der Waals surface area contributed by atoms with Crippen molar-refractivity contribution in [3.8, 4) is 5.75 Å². The first-order valence-corrected chi connectivity index (χ1v) is 11.3. The standard InChI is InChI=1S/C27H42NO2/c1-8-9-20-28(6,7)27(5,26(2,3)4)29-22-25(21-23-16-12-10-13-17-23)30-24-18-14-11-15-19-24/h10-19,25H,8-9,20-22H2,1-7H3/q+1. The lowest BCUT2D eigenvalue weighted by Crippen LogP contribution is -2.66. The highest BCUT2D eigenvalue weighted by atomic mass is 16.6. The van der Waals surface area contributed by atoms with Gasteiger partial charge in [0.15, 0.2) is 0 Å². The molecule has 0 bridgehead atoms. The van der Waals surface area contributed by atoms with Crippen LogP contribution in [-0.2, 0) is 11.2 Å². The van der Waals surface area contributed by atoms with Gasteiger partial charge in [-0.3, -0.25) is 0 Å². The molecule has 3 heteroatoms. The molecule has 0 saturated heterocycles. The third-order valence-electron chi connectivity index (χ3n) is 6.52. The normalized spacial score (nSPS) is 15.4. The van der Waals surface area contributed by atoms with Crippen LogP contribution in [0.5, 0.6) is 5.75 Å². The van der Waals surface area contributed by atoms with E-state index in [4.69, 9.17) is 9.47 Å². The van der Waals surface area contributed by atoms with Gasteiger partial charge < -0.3 is 14.0 Å². The van der Waals surface area contributed by atoms with Crippen LogP contribution < -0.4 is 4.74 Å². The zero-order valence-corrected chi connectivity index (χ0v) is 20.2. The molecule has 0 radical (unpaired) electrons. The Bertz CT molecular complexity index is 695. The van der Waals surface area contributed by atoms with Crippen LogP contribution in [0.25, 0.3) is 0 Å². The Morgan fingerprint density at radius 1 is 0.867 bits per heavy atom. The molecule has 0 aliphatic rings. The van der Waals surface area contributed by atoms with E-state index in [0.29, 0.717) is 6.61 Å². The Hall–Kier alpha value is -1.84. The number of hydrogen-bond acceptors (Lipinski definition) is 2. The van der Waals surface area contributed by atoms with Crippen LogP contribution >= 0.6 is 0 Å². The number of unbranched alkanes of at least 4 members (excludes halogenated alkanes) is 1. The quantitative estimate of drug-likeness (QED) is 0.317. The molecular formula is C27H42NO2+. The Kier molecular flexibility index (Phi) is 8.52. The number of benzene rings is 2. The van der Waals surface area contributed by atoms with Crippen LogP contribution in [0.15, 0.2) is 60.7 Å². The number of rotatable bonds is 11. The van der Waals surface area contributed by atoms with Gasteiger partial charge in [-0.15, -0.1) is 0 Å². The maximum absolute atomic E-state index is 6.81. The van der Waals surface area contributed by atoms with Crippen molar-refractivity contribution in [2.75, 3.05) is 27.2 Å². The molecule has 0 saturated carbocycles. The summed E-state index contributed by atoms with van der Waals surface area (Å²) in [6, 6.07) is 20.6. The second-order valence-corrected chi connectivity index (χ2v) is 10.0. The highest BCUT2D eigenvalue weighted by molar-refractivity contribution is 5.22. The molecule has 0 aromatic heterocycles. The first-order valence-electron chi connectivity index (χ1n) is 11.3. The minimum absolute atomic E-state index is 0.0196.